The van der Waals surface area contributed by atoms with Crippen LogP contribution in [0.4, 0.5) is 0 Å². The van der Waals surface area contributed by atoms with Gasteiger partial charge in [-0.15, -0.1) is 11.8 Å². The van der Waals surface area contributed by atoms with Crippen molar-refractivity contribution in [2.75, 3.05) is 24.8 Å². The maximum Gasteiger partial charge on any atom is 0.238 e. The summed E-state index contributed by atoms with van der Waals surface area (Å²) in [6.07, 6.45) is 0.852. The molecular weight excluding hydrogens is 284 g/mol. The first-order valence-corrected chi connectivity index (χ1v) is 8.59. The fourth-order valence-corrected chi connectivity index (χ4v) is 3.38. The number of rotatable bonds is 6. The van der Waals surface area contributed by atoms with Crippen molar-refractivity contribution in [1.29, 1.82) is 0 Å². The van der Waals surface area contributed by atoms with Gasteiger partial charge >= 0.3 is 0 Å². The van der Waals surface area contributed by atoms with Gasteiger partial charge in [-0.3, -0.25) is 10.1 Å². The molecule has 4 nitrogen and oxygen atoms in total. The molecule has 5 heteroatoms. The second-order valence-corrected chi connectivity index (χ2v) is 6.32. The van der Waals surface area contributed by atoms with Crippen molar-refractivity contribution >= 4 is 17.7 Å². The Labute approximate surface area is 131 Å². The molecule has 1 aliphatic heterocycles. The van der Waals surface area contributed by atoms with Crippen LogP contribution in [0, 0.1) is 13.8 Å². The summed E-state index contributed by atoms with van der Waals surface area (Å²) in [4.78, 5) is 11.9. The van der Waals surface area contributed by atoms with Crippen LogP contribution in [-0.4, -0.2) is 36.7 Å². The van der Waals surface area contributed by atoms with E-state index in [-0.39, 0.29) is 11.9 Å². The lowest BCUT2D eigenvalue weighted by Gasteiger charge is -2.14. The fourth-order valence-electron chi connectivity index (χ4n) is 2.44. The Bertz CT molecular complexity index is 499. The van der Waals surface area contributed by atoms with Gasteiger partial charge in [0.05, 0.1) is 12.6 Å². The molecule has 1 aliphatic rings. The molecule has 0 aromatic heterocycles. The monoisotopic (exact) mass is 308 g/mol. The third kappa shape index (κ3) is 4.38. The van der Waals surface area contributed by atoms with Crippen molar-refractivity contribution in [1.82, 2.24) is 10.6 Å². The normalized spacial score (nSPS) is 17.8. The van der Waals surface area contributed by atoms with Crippen molar-refractivity contribution in [3.63, 3.8) is 0 Å². The highest BCUT2D eigenvalue weighted by Crippen LogP contribution is 2.23. The lowest BCUT2D eigenvalue weighted by Crippen LogP contribution is -2.42. The maximum absolute atomic E-state index is 11.9. The van der Waals surface area contributed by atoms with Crippen molar-refractivity contribution in [3.8, 4) is 5.75 Å². The van der Waals surface area contributed by atoms with Crippen LogP contribution in [0.3, 0.4) is 0 Å². The molecule has 1 saturated heterocycles. The highest BCUT2D eigenvalue weighted by molar-refractivity contribution is 7.99. The van der Waals surface area contributed by atoms with Crippen LogP contribution in [-0.2, 0) is 11.2 Å². The van der Waals surface area contributed by atoms with Gasteiger partial charge < -0.3 is 10.1 Å². The quantitative estimate of drug-likeness (QED) is 0.844. The van der Waals surface area contributed by atoms with Crippen LogP contribution in [0.5, 0.6) is 5.75 Å². The number of aryl methyl sites for hydroxylation is 2. The van der Waals surface area contributed by atoms with Crippen LogP contribution >= 0.6 is 11.8 Å². The number of carbonyl (C=O) groups excluding carboxylic acids is 1. The summed E-state index contributed by atoms with van der Waals surface area (Å²) < 4.78 is 5.60. The number of nitrogens with one attached hydrogen (secondary N) is 2. The van der Waals surface area contributed by atoms with Crippen LogP contribution in [0.2, 0.25) is 0 Å². The minimum atomic E-state index is -0.0295. The van der Waals surface area contributed by atoms with Gasteiger partial charge in [-0.2, -0.15) is 0 Å². The van der Waals surface area contributed by atoms with Gasteiger partial charge in [-0.1, -0.05) is 6.07 Å². The third-order valence-electron chi connectivity index (χ3n) is 3.66. The number of thioether (sulfide) groups is 1. The second kappa shape index (κ2) is 7.71. The first-order chi connectivity index (χ1) is 10.1. The molecule has 0 spiro atoms. The summed E-state index contributed by atoms with van der Waals surface area (Å²) in [5.74, 6) is 2.80. The SMILES string of the molecule is CCOc1cc(C)c(CCNC(=O)C2CSCN2)cc1C. The molecule has 0 radical (unpaired) electrons. The average Bonchev–Trinajstić information content (AvgIpc) is 2.98. The van der Waals surface area contributed by atoms with Gasteiger partial charge in [0.15, 0.2) is 0 Å². The standard InChI is InChI=1S/C16H24N2O2S/c1-4-20-15-8-11(2)13(7-12(15)3)5-6-17-16(19)14-9-21-10-18-14/h7-8,14,18H,4-6,9-10H2,1-3H3,(H,17,19). The molecule has 1 amide bonds. The molecule has 0 bridgehead atoms. The highest BCUT2D eigenvalue weighted by Gasteiger charge is 2.21. The molecule has 1 heterocycles. The average molecular weight is 308 g/mol. The molecule has 1 atom stereocenters. The zero-order valence-corrected chi connectivity index (χ0v) is 13.8. The summed E-state index contributed by atoms with van der Waals surface area (Å²) in [5.41, 5.74) is 3.63. The Morgan fingerprint density at radius 2 is 2.24 bits per heavy atom. The zero-order valence-electron chi connectivity index (χ0n) is 13.0. The molecular formula is C16H24N2O2S. The van der Waals surface area contributed by atoms with E-state index in [2.05, 4.69) is 36.6 Å². The van der Waals surface area contributed by atoms with Crippen LogP contribution in [0.1, 0.15) is 23.6 Å². The topological polar surface area (TPSA) is 50.4 Å². The van der Waals surface area contributed by atoms with Crippen molar-refractivity contribution in [2.24, 2.45) is 0 Å². The molecule has 1 aromatic carbocycles. The number of hydrogen-bond donors (Lipinski definition) is 2. The van der Waals surface area contributed by atoms with E-state index in [1.807, 2.05) is 6.92 Å². The molecule has 1 aromatic rings. The first-order valence-electron chi connectivity index (χ1n) is 7.43. The Kier molecular flexibility index (Phi) is 5.94. The van der Waals surface area contributed by atoms with Gasteiger partial charge in [0.2, 0.25) is 5.91 Å². The first kappa shape index (κ1) is 16.2. The van der Waals surface area contributed by atoms with Gasteiger partial charge in [-0.05, 0) is 49.9 Å². The molecule has 1 fully saturated rings. The number of ether oxygens (including phenoxy) is 1. The number of benzene rings is 1. The van der Waals surface area contributed by atoms with Gasteiger partial charge in [-0.25, -0.2) is 0 Å². The predicted octanol–water partition coefficient (Wildman–Crippen LogP) is 2.02. The number of carbonyl (C=O) groups is 1. The highest BCUT2D eigenvalue weighted by atomic mass is 32.2. The maximum atomic E-state index is 11.9. The Hall–Kier alpha value is -1.20. The second-order valence-electron chi connectivity index (χ2n) is 5.29. The summed E-state index contributed by atoms with van der Waals surface area (Å²) in [6, 6.07) is 4.22. The Morgan fingerprint density at radius 1 is 1.43 bits per heavy atom. The molecule has 0 saturated carbocycles. The lowest BCUT2D eigenvalue weighted by atomic mass is 10.0. The molecule has 21 heavy (non-hydrogen) atoms. The van der Waals surface area contributed by atoms with E-state index >= 15 is 0 Å². The van der Waals surface area contributed by atoms with Crippen molar-refractivity contribution in [3.05, 3.63) is 28.8 Å². The summed E-state index contributed by atoms with van der Waals surface area (Å²) in [5, 5.41) is 6.19. The largest absolute Gasteiger partial charge is 0.494 e. The van der Waals surface area contributed by atoms with E-state index in [1.165, 1.54) is 11.1 Å². The van der Waals surface area contributed by atoms with E-state index in [1.54, 1.807) is 11.8 Å². The molecule has 2 rings (SSSR count). The molecule has 2 N–H and O–H groups in total. The Balaban J connectivity index is 1.88. The van der Waals surface area contributed by atoms with E-state index < -0.39 is 0 Å². The van der Waals surface area contributed by atoms with E-state index in [0.29, 0.717) is 13.2 Å². The smallest absolute Gasteiger partial charge is 0.238 e. The van der Waals surface area contributed by atoms with Crippen LogP contribution in [0.25, 0.3) is 0 Å². The summed E-state index contributed by atoms with van der Waals surface area (Å²) >= 11 is 1.77. The minimum absolute atomic E-state index is 0.0295. The summed E-state index contributed by atoms with van der Waals surface area (Å²) in [7, 11) is 0. The fraction of sp³-hybridized carbons (Fsp3) is 0.562. The van der Waals surface area contributed by atoms with Gasteiger partial charge in [0, 0.05) is 18.2 Å². The van der Waals surface area contributed by atoms with E-state index in [0.717, 1.165) is 29.4 Å². The lowest BCUT2D eigenvalue weighted by molar-refractivity contribution is -0.122. The molecule has 116 valence electrons. The van der Waals surface area contributed by atoms with Gasteiger partial charge in [0.25, 0.3) is 0 Å². The minimum Gasteiger partial charge on any atom is -0.494 e. The van der Waals surface area contributed by atoms with E-state index in [4.69, 9.17) is 4.74 Å². The van der Waals surface area contributed by atoms with E-state index in [9.17, 15) is 4.79 Å². The summed E-state index contributed by atoms with van der Waals surface area (Å²) in [6.45, 7) is 7.51. The van der Waals surface area contributed by atoms with Gasteiger partial charge in [0.1, 0.15) is 5.75 Å². The van der Waals surface area contributed by atoms with Crippen LogP contribution < -0.4 is 15.4 Å². The number of hydrogen-bond acceptors (Lipinski definition) is 4. The predicted molar refractivity (Wildman–Crippen MR) is 88.0 cm³/mol. The third-order valence-corrected chi connectivity index (χ3v) is 4.60. The van der Waals surface area contributed by atoms with Crippen molar-refractivity contribution in [2.45, 2.75) is 33.2 Å². The molecule has 1 unspecified atom stereocenters. The van der Waals surface area contributed by atoms with Crippen LogP contribution in [0.15, 0.2) is 12.1 Å². The zero-order chi connectivity index (χ0) is 15.2. The molecule has 0 aliphatic carbocycles. The van der Waals surface area contributed by atoms with Crippen molar-refractivity contribution < 1.29 is 9.53 Å². The Morgan fingerprint density at radius 3 is 2.90 bits per heavy atom. The number of amides is 1.